The van der Waals surface area contributed by atoms with Gasteiger partial charge in [-0.2, -0.15) is 10.4 Å². The van der Waals surface area contributed by atoms with Crippen molar-refractivity contribution in [3.63, 3.8) is 0 Å². The number of thiophene rings is 1. The Balaban J connectivity index is 1.80. The van der Waals surface area contributed by atoms with Crippen LogP contribution in [-0.4, -0.2) is 15.6 Å². The van der Waals surface area contributed by atoms with E-state index in [9.17, 15) is 10.1 Å². The molecule has 1 atom stereocenters. The minimum Gasteiger partial charge on any atom is -0.291 e. The number of Topliss-reactive ketones (excluding diaryl/α,β-unsaturated/α-hetero) is 1. The Kier molecular flexibility index (Phi) is 4.94. The lowest BCUT2D eigenvalue weighted by molar-refractivity contribution is 0.0983. The number of nitriles is 1. The summed E-state index contributed by atoms with van der Waals surface area (Å²) < 4.78 is 1.82. The molecule has 0 saturated carbocycles. The van der Waals surface area contributed by atoms with E-state index in [0.29, 0.717) is 20.5 Å². The molecule has 4 aromatic rings. The van der Waals surface area contributed by atoms with E-state index < -0.39 is 5.92 Å². The molecule has 28 heavy (non-hydrogen) atoms. The molecule has 0 aliphatic heterocycles. The van der Waals surface area contributed by atoms with Crippen molar-refractivity contribution < 1.29 is 4.79 Å². The lowest BCUT2D eigenvalue weighted by Crippen LogP contribution is -2.10. The maximum atomic E-state index is 13.1. The summed E-state index contributed by atoms with van der Waals surface area (Å²) in [7, 11) is 0. The molecule has 2 heterocycles. The highest BCUT2D eigenvalue weighted by atomic mass is 35.5. The van der Waals surface area contributed by atoms with Crippen molar-refractivity contribution in [3.05, 3.63) is 80.8 Å². The van der Waals surface area contributed by atoms with Gasteiger partial charge in [-0.25, -0.2) is 4.68 Å². The number of halogens is 2. The number of hydrogen-bond acceptors (Lipinski definition) is 4. The van der Waals surface area contributed by atoms with Gasteiger partial charge in [0.1, 0.15) is 10.7 Å². The van der Waals surface area contributed by atoms with Crippen LogP contribution < -0.4 is 0 Å². The van der Waals surface area contributed by atoms with Crippen LogP contribution in [0.2, 0.25) is 10.0 Å². The van der Waals surface area contributed by atoms with E-state index >= 15 is 0 Å². The van der Waals surface area contributed by atoms with Gasteiger partial charge >= 0.3 is 0 Å². The molecule has 0 unspecified atom stereocenters. The number of hydrogen-bond donors (Lipinski definition) is 0. The van der Waals surface area contributed by atoms with Gasteiger partial charge in [0.2, 0.25) is 0 Å². The Morgan fingerprint density at radius 3 is 2.64 bits per heavy atom. The van der Waals surface area contributed by atoms with E-state index in [0.717, 1.165) is 21.6 Å². The highest BCUT2D eigenvalue weighted by Gasteiger charge is 2.27. The average Bonchev–Trinajstić information content (AvgIpc) is 3.26. The Bertz CT molecular complexity index is 1240. The number of aryl methyl sites for hydroxylation is 1. The number of aromatic nitrogens is 2. The third-order valence-corrected chi connectivity index (χ3v) is 6.15. The average molecular weight is 426 g/mol. The summed E-state index contributed by atoms with van der Waals surface area (Å²) in [6.45, 7) is 1.90. The molecular formula is C21H13Cl2N3OS. The van der Waals surface area contributed by atoms with Crippen LogP contribution in [0.5, 0.6) is 0 Å². The summed E-state index contributed by atoms with van der Waals surface area (Å²) in [4.78, 5) is 14.5. The van der Waals surface area contributed by atoms with Gasteiger partial charge in [0, 0.05) is 15.4 Å². The first-order valence-electron chi connectivity index (χ1n) is 8.43. The molecule has 0 radical (unpaired) electrons. The molecule has 0 spiro atoms. The minimum absolute atomic E-state index is 0.299. The van der Waals surface area contributed by atoms with Crippen LogP contribution in [0.3, 0.4) is 0 Å². The van der Waals surface area contributed by atoms with Crippen LogP contribution in [0.1, 0.15) is 26.8 Å². The number of rotatable bonds is 4. The molecule has 2 aromatic carbocycles. The third kappa shape index (κ3) is 3.20. The van der Waals surface area contributed by atoms with Gasteiger partial charge in [-0.3, -0.25) is 4.79 Å². The van der Waals surface area contributed by atoms with Crippen LogP contribution in [0.4, 0.5) is 0 Å². The predicted molar refractivity (Wildman–Crippen MR) is 113 cm³/mol. The van der Waals surface area contributed by atoms with E-state index in [4.69, 9.17) is 23.2 Å². The van der Waals surface area contributed by atoms with Crippen molar-refractivity contribution in [1.29, 1.82) is 5.26 Å². The molecule has 0 amide bonds. The van der Waals surface area contributed by atoms with Crippen molar-refractivity contribution in [1.82, 2.24) is 9.78 Å². The Morgan fingerprint density at radius 1 is 1.18 bits per heavy atom. The van der Waals surface area contributed by atoms with Gasteiger partial charge in [0.05, 0.1) is 22.3 Å². The zero-order valence-corrected chi connectivity index (χ0v) is 17.0. The molecule has 4 rings (SSSR count). The molecule has 0 aliphatic carbocycles. The van der Waals surface area contributed by atoms with Crippen molar-refractivity contribution in [3.8, 4) is 11.8 Å². The van der Waals surface area contributed by atoms with E-state index in [1.165, 1.54) is 11.3 Å². The van der Waals surface area contributed by atoms with Crippen LogP contribution in [-0.2, 0) is 0 Å². The van der Waals surface area contributed by atoms with Gasteiger partial charge < -0.3 is 0 Å². The number of fused-ring (bicyclic) bond motifs is 1. The predicted octanol–water partition coefficient (Wildman–Crippen LogP) is 6.19. The van der Waals surface area contributed by atoms with Gasteiger partial charge in [0.25, 0.3) is 0 Å². The summed E-state index contributed by atoms with van der Waals surface area (Å²) in [6.07, 6.45) is 0. The quantitative estimate of drug-likeness (QED) is 0.366. The third-order valence-electron chi connectivity index (χ3n) is 4.45. The summed E-state index contributed by atoms with van der Waals surface area (Å²) in [5.41, 5.74) is 2.15. The minimum atomic E-state index is -1.02. The van der Waals surface area contributed by atoms with Crippen LogP contribution >= 0.6 is 34.5 Å². The first-order valence-corrected chi connectivity index (χ1v) is 10.00. The summed E-state index contributed by atoms with van der Waals surface area (Å²) in [5, 5.41) is 15.9. The second-order valence-electron chi connectivity index (χ2n) is 6.25. The Hall–Kier alpha value is -2.65. The SMILES string of the molecule is Cc1nn(-c2ccccc2)c2sc(C(=O)[C@@H](C#N)c3cc(Cl)ccc3Cl)cc12. The van der Waals surface area contributed by atoms with Crippen LogP contribution in [0.25, 0.3) is 15.9 Å². The molecule has 0 bridgehead atoms. The number of benzene rings is 2. The number of carbonyl (C=O) groups is 1. The highest BCUT2D eigenvalue weighted by molar-refractivity contribution is 7.20. The van der Waals surface area contributed by atoms with Crippen LogP contribution in [0.15, 0.2) is 54.6 Å². The smallest absolute Gasteiger partial charge is 0.194 e. The Morgan fingerprint density at radius 2 is 1.93 bits per heavy atom. The summed E-state index contributed by atoms with van der Waals surface area (Å²) in [6, 6.07) is 18.4. The van der Waals surface area contributed by atoms with Crippen LogP contribution in [0, 0.1) is 18.3 Å². The van der Waals surface area contributed by atoms with Gasteiger partial charge in [-0.1, -0.05) is 41.4 Å². The second kappa shape index (κ2) is 7.40. The van der Waals surface area contributed by atoms with Crippen molar-refractivity contribution in [2.45, 2.75) is 12.8 Å². The molecule has 4 nitrogen and oxygen atoms in total. The number of carbonyl (C=O) groups excluding carboxylic acids is 1. The monoisotopic (exact) mass is 425 g/mol. The first-order chi connectivity index (χ1) is 13.5. The number of para-hydroxylation sites is 1. The molecule has 0 saturated heterocycles. The maximum Gasteiger partial charge on any atom is 0.194 e. The van der Waals surface area contributed by atoms with Gasteiger partial charge in [-0.15, -0.1) is 11.3 Å². The van der Waals surface area contributed by atoms with Crippen molar-refractivity contribution in [2.24, 2.45) is 0 Å². The van der Waals surface area contributed by atoms with Crippen molar-refractivity contribution in [2.75, 3.05) is 0 Å². The van der Waals surface area contributed by atoms with E-state index in [2.05, 4.69) is 11.2 Å². The van der Waals surface area contributed by atoms with E-state index in [1.54, 1.807) is 24.3 Å². The molecule has 0 fully saturated rings. The largest absolute Gasteiger partial charge is 0.291 e. The fraction of sp³-hybridized carbons (Fsp3) is 0.0952. The lowest BCUT2D eigenvalue weighted by Gasteiger charge is -2.10. The molecule has 7 heteroatoms. The topological polar surface area (TPSA) is 58.7 Å². The summed E-state index contributed by atoms with van der Waals surface area (Å²) in [5.74, 6) is -1.32. The fourth-order valence-corrected chi connectivity index (χ4v) is 4.62. The summed E-state index contributed by atoms with van der Waals surface area (Å²) >= 11 is 13.6. The molecular weight excluding hydrogens is 413 g/mol. The molecule has 2 aromatic heterocycles. The second-order valence-corrected chi connectivity index (χ2v) is 8.13. The maximum absolute atomic E-state index is 13.1. The number of ketones is 1. The highest BCUT2D eigenvalue weighted by Crippen LogP contribution is 2.35. The fourth-order valence-electron chi connectivity index (χ4n) is 3.06. The normalized spacial score (nSPS) is 12.1. The Labute approximate surface area is 175 Å². The molecule has 138 valence electrons. The zero-order chi connectivity index (χ0) is 19.8. The van der Waals surface area contributed by atoms with Gasteiger partial charge in [0.15, 0.2) is 5.78 Å². The van der Waals surface area contributed by atoms with E-state index in [1.807, 2.05) is 41.9 Å². The number of nitrogens with zero attached hydrogens (tertiary/aromatic N) is 3. The molecule has 0 N–H and O–H groups in total. The zero-order valence-electron chi connectivity index (χ0n) is 14.7. The van der Waals surface area contributed by atoms with Crippen molar-refractivity contribution >= 4 is 50.5 Å². The lowest BCUT2D eigenvalue weighted by atomic mass is 9.95. The first kappa shape index (κ1) is 18.7. The van der Waals surface area contributed by atoms with Gasteiger partial charge in [-0.05, 0) is 48.9 Å². The standard InChI is InChI=1S/C21H13Cl2N3OS/c1-12-15-10-19(28-21(15)26(25-12)14-5-3-2-4-6-14)20(27)17(11-24)16-9-13(22)7-8-18(16)23/h2-10,17H,1H3/t17-/m0/s1. The molecule has 0 aliphatic rings. The van der Waals surface area contributed by atoms with E-state index in [-0.39, 0.29) is 5.78 Å².